The van der Waals surface area contributed by atoms with Crippen molar-refractivity contribution in [2.75, 3.05) is 13.0 Å². The van der Waals surface area contributed by atoms with Gasteiger partial charge in [-0.15, -0.1) is 11.8 Å². The number of hydrogen-bond acceptors (Lipinski definition) is 3. The van der Waals surface area contributed by atoms with Crippen LogP contribution in [0.4, 0.5) is 0 Å². The SMILES string of the molecule is COC1[CH]SCN1. The highest BCUT2D eigenvalue weighted by molar-refractivity contribution is 8.01. The Morgan fingerprint density at radius 3 is 3.14 bits per heavy atom. The Morgan fingerprint density at radius 1 is 2.00 bits per heavy atom. The molecule has 2 nitrogen and oxygen atoms in total. The minimum atomic E-state index is 0.185. The van der Waals surface area contributed by atoms with Crippen LogP contribution < -0.4 is 5.32 Å². The van der Waals surface area contributed by atoms with Crippen molar-refractivity contribution in [3.8, 4) is 0 Å². The lowest BCUT2D eigenvalue weighted by molar-refractivity contribution is 0.117. The van der Waals surface area contributed by atoms with Gasteiger partial charge in [0.25, 0.3) is 0 Å². The molecule has 1 radical (unpaired) electrons. The van der Waals surface area contributed by atoms with Gasteiger partial charge in [-0.3, -0.25) is 5.32 Å². The van der Waals surface area contributed by atoms with E-state index in [2.05, 4.69) is 5.32 Å². The van der Waals surface area contributed by atoms with E-state index in [4.69, 9.17) is 4.74 Å². The van der Waals surface area contributed by atoms with Crippen molar-refractivity contribution >= 4 is 11.8 Å². The van der Waals surface area contributed by atoms with Gasteiger partial charge < -0.3 is 4.74 Å². The molecule has 0 aliphatic carbocycles. The molecule has 41 valence electrons. The molecule has 0 aromatic heterocycles. The van der Waals surface area contributed by atoms with E-state index in [0.29, 0.717) is 0 Å². The maximum Gasteiger partial charge on any atom is 0.121 e. The van der Waals surface area contributed by atoms with Crippen LogP contribution in [0.3, 0.4) is 0 Å². The van der Waals surface area contributed by atoms with Gasteiger partial charge in [0.05, 0.1) is 5.75 Å². The number of rotatable bonds is 1. The third-order valence-corrected chi connectivity index (χ3v) is 1.61. The fourth-order valence-electron chi connectivity index (χ4n) is 0.453. The van der Waals surface area contributed by atoms with Gasteiger partial charge in [-0.1, -0.05) is 0 Å². The molecule has 0 aromatic carbocycles. The van der Waals surface area contributed by atoms with Gasteiger partial charge in [0.15, 0.2) is 0 Å². The molecule has 1 rings (SSSR count). The third-order valence-electron chi connectivity index (χ3n) is 0.842. The Hall–Kier alpha value is 0.270. The minimum absolute atomic E-state index is 0.185. The second kappa shape index (κ2) is 2.55. The topological polar surface area (TPSA) is 21.3 Å². The summed E-state index contributed by atoms with van der Waals surface area (Å²) in [6, 6.07) is 0. The lowest BCUT2D eigenvalue weighted by Crippen LogP contribution is -2.22. The molecule has 0 aromatic rings. The van der Waals surface area contributed by atoms with Crippen molar-refractivity contribution in [1.29, 1.82) is 0 Å². The Bertz CT molecular complexity index is 53.7. The van der Waals surface area contributed by atoms with Crippen molar-refractivity contribution in [3.63, 3.8) is 0 Å². The summed E-state index contributed by atoms with van der Waals surface area (Å²) in [6.07, 6.45) is 0.185. The number of nitrogens with one attached hydrogen (secondary N) is 1. The van der Waals surface area contributed by atoms with E-state index in [9.17, 15) is 0 Å². The molecule has 0 saturated carbocycles. The molecule has 3 heteroatoms. The second-order valence-electron chi connectivity index (χ2n) is 1.31. The van der Waals surface area contributed by atoms with E-state index in [1.807, 2.05) is 5.75 Å². The third kappa shape index (κ3) is 1.33. The first-order chi connectivity index (χ1) is 3.43. The van der Waals surface area contributed by atoms with E-state index in [1.165, 1.54) is 0 Å². The van der Waals surface area contributed by atoms with E-state index in [-0.39, 0.29) is 6.23 Å². The standard InChI is InChI=1S/C4H8NOS/c1-6-4-2-7-3-5-4/h2,4-5H,3H2,1H3. The van der Waals surface area contributed by atoms with Gasteiger partial charge >= 0.3 is 0 Å². The summed E-state index contributed by atoms with van der Waals surface area (Å²) >= 11 is 1.75. The van der Waals surface area contributed by atoms with Crippen molar-refractivity contribution in [1.82, 2.24) is 5.32 Å². The number of hydrogen-bond donors (Lipinski definition) is 1. The molecule has 1 N–H and O–H groups in total. The lowest BCUT2D eigenvalue weighted by atomic mass is 10.7. The monoisotopic (exact) mass is 118 g/mol. The van der Waals surface area contributed by atoms with Gasteiger partial charge in [0, 0.05) is 13.0 Å². The quantitative estimate of drug-likeness (QED) is 0.539. The molecule has 7 heavy (non-hydrogen) atoms. The molecule has 1 aliphatic rings. The average molecular weight is 118 g/mol. The van der Waals surface area contributed by atoms with Gasteiger partial charge in [0.1, 0.15) is 6.23 Å². The highest BCUT2D eigenvalue weighted by atomic mass is 32.2. The van der Waals surface area contributed by atoms with Crippen LogP contribution in [0.5, 0.6) is 0 Å². The van der Waals surface area contributed by atoms with Crippen LogP contribution >= 0.6 is 11.8 Å². The zero-order valence-corrected chi connectivity index (χ0v) is 4.99. The summed E-state index contributed by atoms with van der Waals surface area (Å²) in [7, 11) is 1.69. The van der Waals surface area contributed by atoms with E-state index < -0.39 is 0 Å². The molecular formula is C4H8NOS. The Labute approximate surface area is 47.6 Å². The maximum atomic E-state index is 4.92. The molecule has 0 spiro atoms. The van der Waals surface area contributed by atoms with Gasteiger partial charge in [0.2, 0.25) is 0 Å². The fourth-order valence-corrected chi connectivity index (χ4v) is 1.19. The van der Waals surface area contributed by atoms with Crippen molar-refractivity contribution in [3.05, 3.63) is 5.75 Å². The summed E-state index contributed by atoms with van der Waals surface area (Å²) in [5.74, 6) is 3.03. The molecule has 1 fully saturated rings. The average Bonchev–Trinajstić information content (AvgIpc) is 2.14. The first-order valence-corrected chi connectivity index (χ1v) is 3.19. The Balaban J connectivity index is 2.14. The summed E-state index contributed by atoms with van der Waals surface area (Å²) in [4.78, 5) is 0. The lowest BCUT2D eigenvalue weighted by Gasteiger charge is -2.02. The predicted molar refractivity (Wildman–Crippen MR) is 30.7 cm³/mol. The van der Waals surface area contributed by atoms with Crippen LogP contribution in [0.1, 0.15) is 0 Å². The van der Waals surface area contributed by atoms with Crippen LogP contribution in [0, 0.1) is 5.75 Å². The van der Waals surface area contributed by atoms with E-state index >= 15 is 0 Å². The number of methoxy groups -OCH3 is 1. The molecule has 0 bridgehead atoms. The minimum Gasteiger partial charge on any atom is -0.365 e. The smallest absolute Gasteiger partial charge is 0.121 e. The molecule has 0 amide bonds. The summed E-state index contributed by atoms with van der Waals surface area (Å²) in [6.45, 7) is 0. The fraction of sp³-hybridized carbons (Fsp3) is 0.750. The number of thioether (sulfide) groups is 1. The van der Waals surface area contributed by atoms with Crippen LogP contribution in [0.2, 0.25) is 0 Å². The van der Waals surface area contributed by atoms with Crippen molar-refractivity contribution in [2.45, 2.75) is 6.23 Å². The van der Waals surface area contributed by atoms with Gasteiger partial charge in [-0.2, -0.15) is 0 Å². The molecule has 1 aliphatic heterocycles. The number of ether oxygens (including phenoxy) is 1. The maximum absolute atomic E-state index is 4.92. The van der Waals surface area contributed by atoms with Crippen LogP contribution in [0.25, 0.3) is 0 Å². The molecule has 1 atom stereocenters. The molecule has 1 unspecified atom stereocenters. The van der Waals surface area contributed by atoms with Crippen molar-refractivity contribution < 1.29 is 4.74 Å². The predicted octanol–water partition coefficient (Wildman–Crippen LogP) is 0.415. The highest BCUT2D eigenvalue weighted by Gasteiger charge is 2.11. The second-order valence-corrected chi connectivity index (χ2v) is 2.20. The zero-order chi connectivity index (χ0) is 5.11. The zero-order valence-electron chi connectivity index (χ0n) is 4.18. The normalized spacial score (nSPS) is 31.3. The first kappa shape index (κ1) is 5.41. The van der Waals surface area contributed by atoms with Gasteiger partial charge in [-0.05, 0) is 0 Å². The first-order valence-electron chi connectivity index (χ1n) is 2.14. The van der Waals surface area contributed by atoms with Gasteiger partial charge in [-0.25, -0.2) is 0 Å². The van der Waals surface area contributed by atoms with Crippen LogP contribution in [0.15, 0.2) is 0 Å². The largest absolute Gasteiger partial charge is 0.365 e. The highest BCUT2D eigenvalue weighted by Crippen LogP contribution is 2.14. The summed E-state index contributed by atoms with van der Waals surface area (Å²) < 4.78 is 4.92. The Kier molecular flexibility index (Phi) is 1.97. The van der Waals surface area contributed by atoms with E-state index in [0.717, 1.165) is 5.88 Å². The molecule has 1 saturated heterocycles. The molecular weight excluding hydrogens is 110 g/mol. The van der Waals surface area contributed by atoms with Crippen LogP contribution in [-0.4, -0.2) is 19.2 Å². The molecule has 1 heterocycles. The van der Waals surface area contributed by atoms with Crippen LogP contribution in [-0.2, 0) is 4.74 Å². The summed E-state index contributed by atoms with van der Waals surface area (Å²) in [5.41, 5.74) is 0. The Morgan fingerprint density at radius 2 is 2.86 bits per heavy atom. The van der Waals surface area contributed by atoms with Crippen molar-refractivity contribution in [2.24, 2.45) is 0 Å². The summed E-state index contributed by atoms with van der Waals surface area (Å²) in [5, 5.41) is 3.09. The van der Waals surface area contributed by atoms with E-state index in [1.54, 1.807) is 18.9 Å².